The number of amides is 2. The lowest BCUT2D eigenvalue weighted by Gasteiger charge is -2.27. The minimum absolute atomic E-state index is 0.0980. The van der Waals surface area contributed by atoms with Crippen molar-refractivity contribution in [3.8, 4) is 5.75 Å². The molecule has 0 unspecified atom stereocenters. The van der Waals surface area contributed by atoms with Crippen LogP contribution >= 0.6 is 0 Å². The maximum Gasteiger partial charge on any atom is 0.251 e. The molecule has 0 aliphatic carbocycles. The number of aliphatic hydroxyl groups is 1. The van der Waals surface area contributed by atoms with Gasteiger partial charge in [-0.15, -0.1) is 0 Å². The second kappa shape index (κ2) is 15.7. The molecule has 0 aliphatic rings. The van der Waals surface area contributed by atoms with Gasteiger partial charge in [0.2, 0.25) is 10.0 Å². The van der Waals surface area contributed by atoms with Gasteiger partial charge >= 0.3 is 0 Å². The van der Waals surface area contributed by atoms with Crippen LogP contribution in [-0.4, -0.2) is 64.4 Å². The first-order valence-corrected chi connectivity index (χ1v) is 16.4. The maximum absolute atomic E-state index is 13.6. The number of nitrogens with zero attached hydrogens (tertiary/aromatic N) is 1. The number of anilines is 1. The van der Waals surface area contributed by atoms with Crippen molar-refractivity contribution in [2.75, 3.05) is 31.3 Å². The van der Waals surface area contributed by atoms with Crippen molar-refractivity contribution in [1.82, 2.24) is 16.0 Å². The molecule has 0 saturated carbocycles. The Morgan fingerprint density at radius 1 is 0.909 bits per heavy atom. The molecule has 0 radical (unpaired) electrons. The number of ether oxygens (including phenoxy) is 1. The van der Waals surface area contributed by atoms with Crippen molar-refractivity contribution < 1.29 is 27.9 Å². The highest BCUT2D eigenvalue weighted by atomic mass is 32.2. The summed E-state index contributed by atoms with van der Waals surface area (Å²) in [5, 5.41) is 20.1. The molecule has 0 aromatic heterocycles. The van der Waals surface area contributed by atoms with Crippen molar-refractivity contribution in [2.45, 2.75) is 51.9 Å². The highest BCUT2D eigenvalue weighted by Crippen LogP contribution is 2.23. The predicted molar refractivity (Wildman–Crippen MR) is 173 cm³/mol. The fourth-order valence-corrected chi connectivity index (χ4v) is 5.20. The van der Waals surface area contributed by atoms with Crippen LogP contribution in [0.3, 0.4) is 0 Å². The van der Waals surface area contributed by atoms with Crippen LogP contribution < -0.4 is 25.0 Å². The third-order valence-corrected chi connectivity index (χ3v) is 8.48. The molecule has 0 fully saturated rings. The molecule has 2 amide bonds. The van der Waals surface area contributed by atoms with Crippen molar-refractivity contribution in [3.63, 3.8) is 0 Å². The van der Waals surface area contributed by atoms with Crippen LogP contribution in [0.4, 0.5) is 5.69 Å². The smallest absolute Gasteiger partial charge is 0.251 e. The summed E-state index contributed by atoms with van der Waals surface area (Å²) in [6.07, 6.45) is 0.631. The largest absolute Gasteiger partial charge is 0.497 e. The normalized spacial score (nSPS) is 13.5. The number of aliphatic hydroxyl groups excluding tert-OH is 1. The molecular weight excluding hydrogens is 580 g/mol. The molecule has 3 aromatic carbocycles. The zero-order chi connectivity index (χ0) is 32.4. The van der Waals surface area contributed by atoms with Crippen molar-refractivity contribution >= 4 is 27.5 Å². The molecule has 0 aliphatic heterocycles. The molecule has 10 nitrogen and oxygen atoms in total. The Kier molecular flexibility index (Phi) is 12.3. The summed E-state index contributed by atoms with van der Waals surface area (Å²) in [6, 6.07) is 20.4. The summed E-state index contributed by atoms with van der Waals surface area (Å²) in [7, 11) is -0.720. The standard InChI is InChI=1S/C33H44N4O6S/c1-22(2)15-30(31(38)21-34-20-24-11-10-14-29(16-24)43-5)36-33(40)27-17-26(18-28(19-27)37(4)44(6,41)42)32(39)35-23(3)25-12-8-7-9-13-25/h7-14,16-19,22-23,30-31,34,38H,15,20-21H2,1-6H3,(H,35,39)(H,36,40)/t23-,30+,31-/m1/s1. The van der Waals surface area contributed by atoms with E-state index in [1.165, 1.54) is 25.2 Å². The summed E-state index contributed by atoms with van der Waals surface area (Å²) in [6.45, 7) is 6.54. The monoisotopic (exact) mass is 624 g/mol. The number of sulfonamides is 1. The van der Waals surface area contributed by atoms with Crippen LogP contribution in [0.1, 0.15) is 65.1 Å². The van der Waals surface area contributed by atoms with Crippen LogP contribution in [0, 0.1) is 5.92 Å². The molecular formula is C33H44N4O6S. The summed E-state index contributed by atoms with van der Waals surface area (Å²) in [4.78, 5) is 26.9. The van der Waals surface area contributed by atoms with Gasteiger partial charge in [0.1, 0.15) is 5.75 Å². The summed E-state index contributed by atoms with van der Waals surface area (Å²) in [5.74, 6) is -0.0889. The van der Waals surface area contributed by atoms with E-state index in [4.69, 9.17) is 4.74 Å². The number of methoxy groups -OCH3 is 1. The quantitative estimate of drug-likeness (QED) is 0.202. The van der Waals surface area contributed by atoms with E-state index in [0.717, 1.165) is 27.4 Å². The van der Waals surface area contributed by atoms with E-state index in [2.05, 4.69) is 16.0 Å². The highest BCUT2D eigenvalue weighted by molar-refractivity contribution is 7.92. The highest BCUT2D eigenvalue weighted by Gasteiger charge is 2.25. The van der Waals surface area contributed by atoms with Crippen LogP contribution in [-0.2, 0) is 16.6 Å². The van der Waals surface area contributed by atoms with Crippen LogP contribution in [0.15, 0.2) is 72.8 Å². The SMILES string of the molecule is COc1cccc(CNC[C@@H](O)[C@H](CC(C)C)NC(=O)c2cc(C(=O)N[C@H](C)c3ccccc3)cc(N(C)S(C)(=O)=O)c2)c1. The third-order valence-electron chi connectivity index (χ3n) is 7.27. The van der Waals surface area contributed by atoms with Gasteiger partial charge in [-0.3, -0.25) is 13.9 Å². The molecule has 0 saturated heterocycles. The zero-order valence-corrected chi connectivity index (χ0v) is 27.0. The van der Waals surface area contributed by atoms with Crippen LogP contribution in [0.25, 0.3) is 0 Å². The Hall–Kier alpha value is -3.93. The van der Waals surface area contributed by atoms with Gasteiger partial charge < -0.3 is 25.8 Å². The molecule has 0 bridgehead atoms. The molecule has 3 atom stereocenters. The van der Waals surface area contributed by atoms with Crippen molar-refractivity contribution in [1.29, 1.82) is 0 Å². The zero-order valence-electron chi connectivity index (χ0n) is 26.2. The van der Waals surface area contributed by atoms with E-state index in [1.54, 1.807) is 7.11 Å². The van der Waals surface area contributed by atoms with Gasteiger partial charge in [0, 0.05) is 31.3 Å². The van der Waals surface area contributed by atoms with Gasteiger partial charge in [0.25, 0.3) is 11.8 Å². The molecule has 0 spiro atoms. The third kappa shape index (κ3) is 10.1. The topological polar surface area (TPSA) is 137 Å². The number of carbonyl (C=O) groups excluding carboxylic acids is 2. The summed E-state index contributed by atoms with van der Waals surface area (Å²) in [5.41, 5.74) is 2.28. The van der Waals surface area contributed by atoms with Gasteiger partial charge in [-0.2, -0.15) is 0 Å². The molecule has 3 aromatic rings. The molecule has 44 heavy (non-hydrogen) atoms. The Labute approximate surface area is 260 Å². The van der Waals surface area contributed by atoms with E-state index < -0.39 is 34.0 Å². The van der Waals surface area contributed by atoms with E-state index in [-0.39, 0.29) is 35.3 Å². The Morgan fingerprint density at radius 2 is 1.55 bits per heavy atom. The number of carbonyl (C=O) groups is 2. The van der Waals surface area contributed by atoms with E-state index in [9.17, 15) is 23.1 Å². The molecule has 4 N–H and O–H groups in total. The van der Waals surface area contributed by atoms with E-state index >= 15 is 0 Å². The lowest BCUT2D eigenvalue weighted by molar-refractivity contribution is 0.0800. The lowest BCUT2D eigenvalue weighted by Crippen LogP contribution is -2.48. The molecule has 11 heteroatoms. The number of benzene rings is 3. The summed E-state index contributed by atoms with van der Waals surface area (Å²) >= 11 is 0. The molecule has 0 heterocycles. The second-order valence-electron chi connectivity index (χ2n) is 11.4. The molecule has 238 valence electrons. The minimum Gasteiger partial charge on any atom is -0.497 e. The number of rotatable bonds is 15. The number of nitrogens with one attached hydrogen (secondary N) is 3. The first kappa shape index (κ1) is 34.6. The van der Waals surface area contributed by atoms with Crippen LogP contribution in [0.5, 0.6) is 5.75 Å². The van der Waals surface area contributed by atoms with Gasteiger partial charge in [-0.05, 0) is 60.7 Å². The minimum atomic E-state index is -3.68. The number of hydrogen-bond acceptors (Lipinski definition) is 7. The first-order valence-electron chi connectivity index (χ1n) is 14.6. The van der Waals surface area contributed by atoms with Gasteiger partial charge in [-0.1, -0.05) is 56.3 Å². The van der Waals surface area contributed by atoms with Crippen molar-refractivity contribution in [3.05, 3.63) is 95.1 Å². The van der Waals surface area contributed by atoms with E-state index in [0.29, 0.717) is 13.0 Å². The fourth-order valence-electron chi connectivity index (χ4n) is 4.71. The average molecular weight is 625 g/mol. The van der Waals surface area contributed by atoms with Gasteiger partial charge in [0.05, 0.1) is 37.2 Å². The fraction of sp³-hybridized carbons (Fsp3) is 0.394. The molecule has 3 rings (SSSR count). The number of hydrogen-bond donors (Lipinski definition) is 4. The van der Waals surface area contributed by atoms with Gasteiger partial charge in [-0.25, -0.2) is 8.42 Å². The van der Waals surface area contributed by atoms with Gasteiger partial charge in [0.15, 0.2) is 0 Å². The Bertz CT molecular complexity index is 1510. The maximum atomic E-state index is 13.6. The first-order chi connectivity index (χ1) is 20.8. The Balaban J connectivity index is 1.82. The second-order valence-corrected chi connectivity index (χ2v) is 13.4. The Morgan fingerprint density at radius 3 is 2.14 bits per heavy atom. The lowest BCUT2D eigenvalue weighted by atomic mass is 9.98. The van der Waals surface area contributed by atoms with E-state index in [1.807, 2.05) is 75.4 Å². The predicted octanol–water partition coefficient (Wildman–Crippen LogP) is 3.88. The summed E-state index contributed by atoms with van der Waals surface area (Å²) < 4.78 is 31.0. The van der Waals surface area contributed by atoms with Crippen molar-refractivity contribution in [2.24, 2.45) is 5.92 Å². The van der Waals surface area contributed by atoms with Crippen LogP contribution in [0.2, 0.25) is 0 Å². The average Bonchev–Trinajstić information content (AvgIpc) is 2.99.